The summed E-state index contributed by atoms with van der Waals surface area (Å²) in [5.74, 6) is 0.0543. The minimum Gasteiger partial charge on any atom is -0.291 e. The van der Waals surface area contributed by atoms with Crippen LogP contribution in [0.15, 0.2) is 24.4 Å². The van der Waals surface area contributed by atoms with Crippen LogP contribution in [-0.4, -0.2) is 15.9 Å². The summed E-state index contributed by atoms with van der Waals surface area (Å²) in [4.78, 5) is 19.0. The van der Waals surface area contributed by atoms with Crippen molar-refractivity contribution in [2.45, 2.75) is 13.8 Å². The van der Waals surface area contributed by atoms with Crippen molar-refractivity contribution < 1.29 is 4.79 Å². The highest BCUT2D eigenvalue weighted by Gasteiger charge is 2.03. The van der Waals surface area contributed by atoms with Crippen LogP contribution in [0.5, 0.6) is 0 Å². The molecule has 0 aromatic carbocycles. The number of carbonyl (C=O) groups excluding carboxylic acids is 1. The Hall–Kier alpha value is -1.71. The zero-order valence-corrected chi connectivity index (χ0v) is 7.66. The summed E-state index contributed by atoms with van der Waals surface area (Å²) < 4.78 is 0. The fourth-order valence-electron chi connectivity index (χ4n) is 0.717. The Balaban J connectivity index is 2.75. The van der Waals surface area contributed by atoms with Gasteiger partial charge in [-0.05, 0) is 19.9 Å². The standard InChI is InChI=1S/C9H11N3O/c1-6(2)8(13)12-9-10-5-4-7(3)11-9/h4-5H,1H2,2-3H3,(H,10,11,12,13). The summed E-state index contributed by atoms with van der Waals surface area (Å²) in [6, 6.07) is 1.76. The van der Waals surface area contributed by atoms with Gasteiger partial charge in [0.05, 0.1) is 0 Å². The Kier molecular flexibility index (Phi) is 2.74. The molecule has 0 atom stereocenters. The van der Waals surface area contributed by atoms with E-state index < -0.39 is 0 Å². The molecule has 0 bridgehead atoms. The van der Waals surface area contributed by atoms with E-state index in [-0.39, 0.29) is 5.91 Å². The molecule has 1 aromatic heterocycles. The van der Waals surface area contributed by atoms with Crippen molar-refractivity contribution in [2.24, 2.45) is 0 Å². The van der Waals surface area contributed by atoms with E-state index in [9.17, 15) is 4.79 Å². The van der Waals surface area contributed by atoms with Crippen molar-refractivity contribution in [3.05, 3.63) is 30.1 Å². The second-order valence-electron chi connectivity index (χ2n) is 2.76. The number of aromatic nitrogens is 2. The quantitative estimate of drug-likeness (QED) is 0.693. The van der Waals surface area contributed by atoms with Crippen LogP contribution in [0.4, 0.5) is 5.95 Å². The van der Waals surface area contributed by atoms with Gasteiger partial charge in [0.25, 0.3) is 5.91 Å². The first-order chi connectivity index (χ1) is 6.09. The molecule has 0 spiro atoms. The van der Waals surface area contributed by atoms with Gasteiger partial charge in [-0.2, -0.15) is 0 Å². The smallest absolute Gasteiger partial charge is 0.253 e. The van der Waals surface area contributed by atoms with Crippen molar-refractivity contribution >= 4 is 11.9 Å². The number of hydrogen-bond donors (Lipinski definition) is 1. The van der Waals surface area contributed by atoms with Crippen molar-refractivity contribution in [2.75, 3.05) is 5.32 Å². The van der Waals surface area contributed by atoms with Gasteiger partial charge in [0.1, 0.15) is 0 Å². The molecule has 13 heavy (non-hydrogen) atoms. The van der Waals surface area contributed by atoms with E-state index in [1.165, 1.54) is 0 Å². The highest BCUT2D eigenvalue weighted by molar-refractivity contribution is 6.01. The van der Waals surface area contributed by atoms with Gasteiger partial charge in [-0.15, -0.1) is 0 Å². The van der Waals surface area contributed by atoms with E-state index in [0.717, 1.165) is 5.69 Å². The third kappa shape index (κ3) is 2.66. The molecule has 1 aromatic rings. The minimum atomic E-state index is -0.259. The zero-order valence-electron chi connectivity index (χ0n) is 7.66. The molecule has 1 N–H and O–H groups in total. The first-order valence-corrected chi connectivity index (χ1v) is 3.86. The molecule has 0 unspecified atom stereocenters. The average Bonchev–Trinajstić information content (AvgIpc) is 2.04. The summed E-state index contributed by atoms with van der Waals surface area (Å²) in [5.41, 5.74) is 1.25. The molecule has 4 nitrogen and oxygen atoms in total. The number of hydrogen-bond acceptors (Lipinski definition) is 3. The molecule has 0 saturated heterocycles. The zero-order chi connectivity index (χ0) is 9.84. The van der Waals surface area contributed by atoms with Gasteiger partial charge in [0.2, 0.25) is 5.95 Å². The Morgan fingerprint density at radius 1 is 1.62 bits per heavy atom. The van der Waals surface area contributed by atoms with Gasteiger partial charge in [-0.25, -0.2) is 9.97 Å². The number of amides is 1. The maximum absolute atomic E-state index is 11.1. The summed E-state index contributed by atoms with van der Waals surface area (Å²) in [6.07, 6.45) is 1.59. The molecule has 1 amide bonds. The van der Waals surface area contributed by atoms with Gasteiger partial charge >= 0.3 is 0 Å². The molecule has 0 radical (unpaired) electrons. The summed E-state index contributed by atoms with van der Waals surface area (Å²) in [5, 5.41) is 2.52. The van der Waals surface area contributed by atoms with Crippen LogP contribution in [0, 0.1) is 6.92 Å². The maximum atomic E-state index is 11.1. The van der Waals surface area contributed by atoms with Crippen LogP contribution in [0.2, 0.25) is 0 Å². The minimum absolute atomic E-state index is 0.259. The Bertz CT molecular complexity index is 346. The number of aryl methyl sites for hydroxylation is 1. The molecule has 0 saturated carbocycles. The molecule has 0 fully saturated rings. The van der Waals surface area contributed by atoms with Gasteiger partial charge in [0, 0.05) is 17.5 Å². The maximum Gasteiger partial charge on any atom is 0.253 e. The summed E-state index contributed by atoms with van der Waals surface area (Å²) >= 11 is 0. The lowest BCUT2D eigenvalue weighted by Crippen LogP contribution is -2.14. The Morgan fingerprint density at radius 3 is 2.85 bits per heavy atom. The second-order valence-corrected chi connectivity index (χ2v) is 2.76. The van der Waals surface area contributed by atoms with Gasteiger partial charge in [-0.3, -0.25) is 10.1 Å². The number of carbonyl (C=O) groups is 1. The molecular weight excluding hydrogens is 166 g/mol. The van der Waals surface area contributed by atoms with Crippen LogP contribution in [0.3, 0.4) is 0 Å². The van der Waals surface area contributed by atoms with Crippen molar-refractivity contribution in [1.29, 1.82) is 0 Å². The third-order valence-electron chi connectivity index (χ3n) is 1.41. The number of anilines is 1. The summed E-state index contributed by atoms with van der Waals surface area (Å²) in [7, 11) is 0. The van der Waals surface area contributed by atoms with Crippen LogP contribution < -0.4 is 5.32 Å². The van der Waals surface area contributed by atoms with Crippen LogP contribution in [0.25, 0.3) is 0 Å². The third-order valence-corrected chi connectivity index (χ3v) is 1.41. The topological polar surface area (TPSA) is 54.9 Å². The van der Waals surface area contributed by atoms with Gasteiger partial charge < -0.3 is 0 Å². The molecule has 68 valence electrons. The molecule has 1 rings (SSSR count). The van der Waals surface area contributed by atoms with Crippen molar-refractivity contribution in [1.82, 2.24) is 9.97 Å². The Labute approximate surface area is 76.7 Å². The first-order valence-electron chi connectivity index (χ1n) is 3.86. The van der Waals surface area contributed by atoms with Crippen molar-refractivity contribution in [3.8, 4) is 0 Å². The van der Waals surface area contributed by atoms with Crippen LogP contribution >= 0.6 is 0 Å². The average molecular weight is 177 g/mol. The van der Waals surface area contributed by atoms with Crippen LogP contribution in [0.1, 0.15) is 12.6 Å². The first kappa shape index (κ1) is 9.38. The lowest BCUT2D eigenvalue weighted by molar-refractivity contribution is -0.112. The largest absolute Gasteiger partial charge is 0.291 e. The highest BCUT2D eigenvalue weighted by Crippen LogP contribution is 2.00. The van der Waals surface area contributed by atoms with Gasteiger partial charge in [-0.1, -0.05) is 6.58 Å². The molecule has 0 aliphatic rings. The van der Waals surface area contributed by atoms with Crippen molar-refractivity contribution in [3.63, 3.8) is 0 Å². The Morgan fingerprint density at radius 2 is 2.31 bits per heavy atom. The van der Waals surface area contributed by atoms with E-state index in [1.54, 1.807) is 19.2 Å². The SMILES string of the molecule is C=C(C)C(=O)Nc1nccc(C)n1. The fourth-order valence-corrected chi connectivity index (χ4v) is 0.717. The second kappa shape index (κ2) is 3.80. The normalized spacial score (nSPS) is 9.38. The van der Waals surface area contributed by atoms with E-state index >= 15 is 0 Å². The van der Waals surface area contributed by atoms with E-state index in [2.05, 4.69) is 21.9 Å². The van der Waals surface area contributed by atoms with E-state index in [4.69, 9.17) is 0 Å². The summed E-state index contributed by atoms with van der Waals surface area (Å²) in [6.45, 7) is 6.97. The lowest BCUT2D eigenvalue weighted by Gasteiger charge is -2.02. The number of nitrogens with one attached hydrogen (secondary N) is 1. The fraction of sp³-hybridized carbons (Fsp3) is 0.222. The molecule has 0 aliphatic carbocycles. The number of nitrogens with zero attached hydrogens (tertiary/aromatic N) is 2. The van der Waals surface area contributed by atoms with Gasteiger partial charge in [0.15, 0.2) is 0 Å². The van der Waals surface area contributed by atoms with E-state index in [0.29, 0.717) is 11.5 Å². The monoisotopic (exact) mass is 177 g/mol. The predicted octanol–water partition coefficient (Wildman–Crippen LogP) is 1.30. The van der Waals surface area contributed by atoms with E-state index in [1.807, 2.05) is 6.92 Å². The predicted molar refractivity (Wildman–Crippen MR) is 50.2 cm³/mol. The molecule has 0 aliphatic heterocycles. The van der Waals surface area contributed by atoms with Crippen LogP contribution in [-0.2, 0) is 4.79 Å². The number of rotatable bonds is 2. The molecule has 1 heterocycles. The highest BCUT2D eigenvalue weighted by atomic mass is 16.1. The molecular formula is C9H11N3O. The lowest BCUT2D eigenvalue weighted by atomic mass is 10.3. The molecule has 4 heteroatoms.